The van der Waals surface area contributed by atoms with Gasteiger partial charge in [0.15, 0.2) is 5.13 Å². The van der Waals surface area contributed by atoms with E-state index >= 15 is 0 Å². The minimum atomic E-state index is -0.944. The van der Waals surface area contributed by atoms with Crippen molar-refractivity contribution in [2.75, 3.05) is 19.0 Å². The first-order valence-electron chi connectivity index (χ1n) is 5.75. The SMILES string of the molecule is COc1ccc(CCNc2ncc(C(=O)O)s2)cc1. The molecule has 6 heteroatoms. The van der Waals surface area contributed by atoms with Crippen molar-refractivity contribution >= 4 is 22.4 Å². The summed E-state index contributed by atoms with van der Waals surface area (Å²) in [5, 5.41) is 12.5. The first kappa shape index (κ1) is 13.4. The number of methoxy groups -OCH3 is 1. The number of carboxylic acid groups (broad SMARTS) is 1. The summed E-state index contributed by atoms with van der Waals surface area (Å²) in [5.74, 6) is -0.108. The lowest BCUT2D eigenvalue weighted by Gasteiger charge is -2.04. The first-order valence-corrected chi connectivity index (χ1v) is 6.56. The quantitative estimate of drug-likeness (QED) is 0.849. The van der Waals surface area contributed by atoms with Crippen molar-refractivity contribution in [2.24, 2.45) is 0 Å². The van der Waals surface area contributed by atoms with Crippen LogP contribution in [0.4, 0.5) is 5.13 Å². The van der Waals surface area contributed by atoms with E-state index in [0.29, 0.717) is 11.7 Å². The molecule has 0 unspecified atom stereocenters. The number of carbonyl (C=O) groups is 1. The Balaban J connectivity index is 1.83. The Labute approximate surface area is 114 Å². The monoisotopic (exact) mass is 278 g/mol. The number of thiazole rings is 1. The summed E-state index contributed by atoms with van der Waals surface area (Å²) >= 11 is 1.14. The Kier molecular flexibility index (Phi) is 4.35. The van der Waals surface area contributed by atoms with E-state index in [0.717, 1.165) is 23.5 Å². The molecule has 0 aliphatic rings. The van der Waals surface area contributed by atoms with Gasteiger partial charge >= 0.3 is 5.97 Å². The summed E-state index contributed by atoms with van der Waals surface area (Å²) in [5.41, 5.74) is 1.18. The predicted molar refractivity (Wildman–Crippen MR) is 74.3 cm³/mol. The topological polar surface area (TPSA) is 71.5 Å². The molecule has 0 radical (unpaired) electrons. The number of hydrogen-bond donors (Lipinski definition) is 2. The number of benzene rings is 1. The van der Waals surface area contributed by atoms with Crippen LogP contribution < -0.4 is 10.1 Å². The lowest BCUT2D eigenvalue weighted by atomic mass is 10.1. The predicted octanol–water partition coefficient (Wildman–Crippen LogP) is 2.50. The van der Waals surface area contributed by atoms with Crippen molar-refractivity contribution in [1.82, 2.24) is 4.98 Å². The van der Waals surface area contributed by atoms with Crippen LogP contribution in [0.3, 0.4) is 0 Å². The highest BCUT2D eigenvalue weighted by Crippen LogP contribution is 2.18. The van der Waals surface area contributed by atoms with Crippen LogP contribution in [0, 0.1) is 0 Å². The normalized spacial score (nSPS) is 10.2. The number of anilines is 1. The van der Waals surface area contributed by atoms with Crippen molar-refractivity contribution in [3.63, 3.8) is 0 Å². The van der Waals surface area contributed by atoms with Crippen LogP contribution in [0.15, 0.2) is 30.5 Å². The van der Waals surface area contributed by atoms with Gasteiger partial charge in [0.2, 0.25) is 0 Å². The Bertz CT molecular complexity index is 551. The Morgan fingerprint density at radius 2 is 2.16 bits per heavy atom. The molecular weight excluding hydrogens is 264 g/mol. The van der Waals surface area contributed by atoms with Crippen LogP contribution in [0.5, 0.6) is 5.75 Å². The van der Waals surface area contributed by atoms with E-state index in [2.05, 4.69) is 10.3 Å². The van der Waals surface area contributed by atoms with Crippen molar-refractivity contribution in [2.45, 2.75) is 6.42 Å². The zero-order valence-electron chi connectivity index (χ0n) is 10.4. The number of ether oxygens (including phenoxy) is 1. The molecule has 0 bridgehead atoms. The smallest absolute Gasteiger partial charge is 0.347 e. The van der Waals surface area contributed by atoms with E-state index in [1.54, 1.807) is 7.11 Å². The fraction of sp³-hybridized carbons (Fsp3) is 0.231. The Hall–Kier alpha value is -2.08. The highest BCUT2D eigenvalue weighted by atomic mass is 32.1. The molecule has 1 heterocycles. The summed E-state index contributed by atoms with van der Waals surface area (Å²) < 4.78 is 5.09. The summed E-state index contributed by atoms with van der Waals surface area (Å²) in [6, 6.07) is 7.85. The van der Waals surface area contributed by atoms with Gasteiger partial charge in [-0.3, -0.25) is 0 Å². The fourth-order valence-electron chi connectivity index (χ4n) is 1.56. The summed E-state index contributed by atoms with van der Waals surface area (Å²) in [4.78, 5) is 14.9. The molecule has 0 spiro atoms. The maximum atomic E-state index is 10.7. The van der Waals surface area contributed by atoms with Crippen LogP contribution in [0.1, 0.15) is 15.2 Å². The molecule has 0 aliphatic carbocycles. The average Bonchev–Trinajstić information content (AvgIpc) is 2.89. The van der Waals surface area contributed by atoms with Gasteiger partial charge in [-0.1, -0.05) is 23.5 Å². The van der Waals surface area contributed by atoms with Crippen molar-refractivity contribution in [3.8, 4) is 5.75 Å². The van der Waals surface area contributed by atoms with Gasteiger partial charge < -0.3 is 15.2 Å². The third-order valence-corrected chi connectivity index (χ3v) is 3.51. The minimum Gasteiger partial charge on any atom is -0.497 e. The van der Waals surface area contributed by atoms with Gasteiger partial charge in [0.05, 0.1) is 13.3 Å². The molecule has 2 N–H and O–H groups in total. The molecule has 1 aromatic heterocycles. The van der Waals surface area contributed by atoms with E-state index in [-0.39, 0.29) is 4.88 Å². The third-order valence-electron chi connectivity index (χ3n) is 2.57. The number of aromatic carboxylic acids is 1. The van der Waals surface area contributed by atoms with Crippen molar-refractivity contribution in [1.29, 1.82) is 0 Å². The van der Waals surface area contributed by atoms with E-state index in [1.807, 2.05) is 24.3 Å². The number of hydrogen-bond acceptors (Lipinski definition) is 5. The number of rotatable bonds is 6. The van der Waals surface area contributed by atoms with E-state index in [4.69, 9.17) is 9.84 Å². The fourth-order valence-corrected chi connectivity index (χ4v) is 2.24. The molecule has 0 atom stereocenters. The van der Waals surface area contributed by atoms with Crippen LogP contribution in [0.2, 0.25) is 0 Å². The van der Waals surface area contributed by atoms with E-state index in [1.165, 1.54) is 11.8 Å². The molecule has 5 nitrogen and oxygen atoms in total. The van der Waals surface area contributed by atoms with Crippen molar-refractivity contribution in [3.05, 3.63) is 40.9 Å². The van der Waals surface area contributed by atoms with E-state index in [9.17, 15) is 4.79 Å². The van der Waals surface area contributed by atoms with Crippen molar-refractivity contribution < 1.29 is 14.6 Å². The Morgan fingerprint density at radius 3 is 2.74 bits per heavy atom. The van der Waals surface area contributed by atoms with Gasteiger partial charge in [-0.15, -0.1) is 0 Å². The number of aromatic nitrogens is 1. The molecule has 0 amide bonds. The maximum Gasteiger partial charge on any atom is 0.347 e. The molecule has 0 saturated carbocycles. The summed E-state index contributed by atoms with van der Waals surface area (Å²) in [7, 11) is 1.64. The van der Waals surface area contributed by atoms with E-state index < -0.39 is 5.97 Å². The minimum absolute atomic E-state index is 0.243. The van der Waals surface area contributed by atoms with Gasteiger partial charge in [-0.05, 0) is 24.1 Å². The summed E-state index contributed by atoms with van der Waals surface area (Å²) in [6.07, 6.45) is 2.20. The number of carboxylic acids is 1. The molecule has 0 aliphatic heterocycles. The summed E-state index contributed by atoms with van der Waals surface area (Å²) in [6.45, 7) is 0.707. The maximum absolute atomic E-state index is 10.7. The Morgan fingerprint density at radius 1 is 1.42 bits per heavy atom. The van der Waals surface area contributed by atoms with Gasteiger partial charge in [-0.2, -0.15) is 0 Å². The van der Waals surface area contributed by atoms with Gasteiger partial charge in [0.1, 0.15) is 10.6 Å². The highest BCUT2D eigenvalue weighted by Gasteiger charge is 2.07. The van der Waals surface area contributed by atoms with Gasteiger partial charge in [0.25, 0.3) is 0 Å². The van der Waals surface area contributed by atoms with Crippen LogP contribution in [0.25, 0.3) is 0 Å². The molecule has 100 valence electrons. The standard InChI is InChI=1S/C13H14N2O3S/c1-18-10-4-2-9(3-5-10)6-7-14-13-15-8-11(19-13)12(16)17/h2-5,8H,6-7H2,1H3,(H,14,15)(H,16,17). The average molecular weight is 278 g/mol. The molecule has 1 aromatic carbocycles. The van der Waals surface area contributed by atoms with Crippen LogP contribution >= 0.6 is 11.3 Å². The molecule has 19 heavy (non-hydrogen) atoms. The zero-order chi connectivity index (χ0) is 13.7. The third kappa shape index (κ3) is 3.69. The molecule has 0 saturated heterocycles. The molecule has 0 fully saturated rings. The molecule has 2 aromatic rings. The molecular formula is C13H14N2O3S. The van der Waals surface area contributed by atoms with Crippen LogP contribution in [-0.4, -0.2) is 29.7 Å². The number of nitrogens with zero attached hydrogens (tertiary/aromatic N) is 1. The van der Waals surface area contributed by atoms with Gasteiger partial charge in [-0.25, -0.2) is 9.78 Å². The second kappa shape index (κ2) is 6.19. The number of nitrogens with one attached hydrogen (secondary N) is 1. The largest absolute Gasteiger partial charge is 0.497 e. The van der Waals surface area contributed by atoms with Crippen LogP contribution in [-0.2, 0) is 6.42 Å². The van der Waals surface area contributed by atoms with Gasteiger partial charge in [0, 0.05) is 6.54 Å². The molecule has 2 rings (SSSR count). The lowest BCUT2D eigenvalue weighted by molar-refractivity contribution is 0.0702. The second-order valence-electron chi connectivity index (χ2n) is 3.86. The first-order chi connectivity index (χ1) is 9.19. The highest BCUT2D eigenvalue weighted by molar-refractivity contribution is 7.17. The lowest BCUT2D eigenvalue weighted by Crippen LogP contribution is -2.04. The zero-order valence-corrected chi connectivity index (χ0v) is 11.2. The second-order valence-corrected chi connectivity index (χ2v) is 4.89.